The summed E-state index contributed by atoms with van der Waals surface area (Å²) in [6, 6.07) is 10.5. The van der Waals surface area contributed by atoms with Gasteiger partial charge >= 0.3 is 0 Å². The third-order valence-corrected chi connectivity index (χ3v) is 8.44. The van der Waals surface area contributed by atoms with Gasteiger partial charge in [0.25, 0.3) is 5.91 Å². The molecule has 8 heteroatoms. The summed E-state index contributed by atoms with van der Waals surface area (Å²) in [5, 5.41) is 3.87. The van der Waals surface area contributed by atoms with Crippen LogP contribution in [0.1, 0.15) is 40.2 Å². The summed E-state index contributed by atoms with van der Waals surface area (Å²) in [6.07, 6.45) is 3.85. The fourth-order valence-electron chi connectivity index (χ4n) is 3.29. The maximum absolute atomic E-state index is 12.9. The number of thiophene rings is 1. The fraction of sp³-hybridized carbons (Fsp3) is 0.318. The molecule has 0 saturated carbocycles. The van der Waals surface area contributed by atoms with Crippen molar-refractivity contribution in [1.29, 1.82) is 0 Å². The molecule has 0 fully saturated rings. The third kappa shape index (κ3) is 4.35. The van der Waals surface area contributed by atoms with E-state index in [2.05, 4.69) is 5.32 Å². The van der Waals surface area contributed by atoms with Crippen LogP contribution >= 0.6 is 11.3 Å². The van der Waals surface area contributed by atoms with Crippen LogP contribution in [-0.4, -0.2) is 36.3 Å². The van der Waals surface area contributed by atoms with E-state index in [0.717, 1.165) is 21.0 Å². The molecule has 1 N–H and O–H groups in total. The van der Waals surface area contributed by atoms with Crippen LogP contribution in [0.5, 0.6) is 0 Å². The first-order valence-electron chi connectivity index (χ1n) is 9.90. The molecule has 0 bridgehead atoms. The highest BCUT2D eigenvalue weighted by molar-refractivity contribution is 7.89. The van der Waals surface area contributed by atoms with Crippen molar-refractivity contribution in [3.8, 4) is 5.00 Å². The van der Waals surface area contributed by atoms with Crippen molar-refractivity contribution in [3.05, 3.63) is 70.4 Å². The molecule has 1 amide bonds. The third-order valence-electron chi connectivity index (χ3n) is 5.15. The van der Waals surface area contributed by atoms with Crippen molar-refractivity contribution in [3.63, 3.8) is 0 Å². The van der Waals surface area contributed by atoms with E-state index < -0.39 is 10.0 Å². The molecule has 0 spiro atoms. The summed E-state index contributed by atoms with van der Waals surface area (Å²) < 4.78 is 28.6. The number of hydrogen-bond donors (Lipinski definition) is 1. The van der Waals surface area contributed by atoms with E-state index >= 15 is 0 Å². The topological polar surface area (TPSA) is 71.4 Å². The largest absolute Gasteiger partial charge is 0.348 e. The lowest BCUT2D eigenvalue weighted by atomic mass is 10.1. The number of carbonyl (C=O) groups is 1. The number of hydrogen-bond acceptors (Lipinski definition) is 4. The second-order valence-corrected chi connectivity index (χ2v) is 10.1. The van der Waals surface area contributed by atoms with Crippen molar-refractivity contribution in [2.45, 2.75) is 39.1 Å². The molecule has 0 radical (unpaired) electrons. The molecule has 30 heavy (non-hydrogen) atoms. The van der Waals surface area contributed by atoms with Gasteiger partial charge in [-0.3, -0.25) is 4.79 Å². The van der Waals surface area contributed by atoms with Gasteiger partial charge in [-0.1, -0.05) is 26.0 Å². The average molecular weight is 446 g/mol. The molecular weight excluding hydrogens is 418 g/mol. The summed E-state index contributed by atoms with van der Waals surface area (Å²) in [5.41, 5.74) is 2.49. The van der Waals surface area contributed by atoms with E-state index in [1.165, 1.54) is 4.31 Å². The number of amides is 1. The Kier molecular flexibility index (Phi) is 6.80. The lowest BCUT2D eigenvalue weighted by Gasteiger charge is -2.18. The molecule has 0 aliphatic heterocycles. The first-order chi connectivity index (χ1) is 14.3. The van der Waals surface area contributed by atoms with E-state index in [1.807, 2.05) is 56.8 Å². The fourth-order valence-corrected chi connectivity index (χ4v) is 5.87. The number of nitrogens with one attached hydrogen (secondary N) is 1. The zero-order chi connectivity index (χ0) is 21.9. The van der Waals surface area contributed by atoms with Crippen LogP contribution in [0, 0.1) is 13.8 Å². The Morgan fingerprint density at radius 2 is 1.67 bits per heavy atom. The summed E-state index contributed by atoms with van der Waals surface area (Å²) in [7, 11) is -3.48. The van der Waals surface area contributed by atoms with Crippen molar-refractivity contribution < 1.29 is 13.2 Å². The van der Waals surface area contributed by atoms with Gasteiger partial charge in [0.05, 0.1) is 10.5 Å². The number of sulfonamides is 1. The maximum atomic E-state index is 12.9. The molecular formula is C22H27N3O3S2. The maximum Gasteiger partial charge on any atom is 0.254 e. The van der Waals surface area contributed by atoms with Gasteiger partial charge < -0.3 is 9.88 Å². The highest BCUT2D eigenvalue weighted by Crippen LogP contribution is 2.31. The minimum atomic E-state index is -3.48. The summed E-state index contributed by atoms with van der Waals surface area (Å²) in [5.74, 6) is -0.139. The van der Waals surface area contributed by atoms with E-state index in [9.17, 15) is 13.2 Å². The van der Waals surface area contributed by atoms with E-state index in [1.54, 1.807) is 35.6 Å². The number of carbonyl (C=O) groups excluding carboxylic acids is 1. The highest BCUT2D eigenvalue weighted by atomic mass is 32.2. The Labute approximate surface area is 182 Å². The number of benzene rings is 1. The average Bonchev–Trinajstić information content (AvgIpc) is 3.36. The molecule has 6 nitrogen and oxygen atoms in total. The van der Waals surface area contributed by atoms with E-state index in [4.69, 9.17) is 0 Å². The minimum Gasteiger partial charge on any atom is -0.348 e. The summed E-state index contributed by atoms with van der Waals surface area (Å²) >= 11 is 1.59. The van der Waals surface area contributed by atoms with E-state index in [0.29, 0.717) is 25.2 Å². The molecule has 3 rings (SSSR count). The van der Waals surface area contributed by atoms with Gasteiger partial charge in [0.15, 0.2) is 0 Å². The quantitative estimate of drug-likeness (QED) is 0.567. The predicted octanol–water partition coefficient (Wildman–Crippen LogP) is 4.12. The Balaban J connectivity index is 1.75. The molecule has 0 aliphatic carbocycles. The SMILES string of the molecule is CCN(CC)S(=O)(=O)c1ccc(CNC(=O)c2c(-n3cccc3)sc(C)c2C)cc1. The van der Waals surface area contributed by atoms with Gasteiger partial charge in [0.1, 0.15) is 5.00 Å². The first kappa shape index (κ1) is 22.3. The molecule has 160 valence electrons. The zero-order valence-electron chi connectivity index (χ0n) is 17.7. The Morgan fingerprint density at radius 1 is 1.07 bits per heavy atom. The number of aryl methyl sites for hydroxylation is 1. The first-order valence-corrected chi connectivity index (χ1v) is 12.2. The predicted molar refractivity (Wildman–Crippen MR) is 121 cm³/mol. The molecule has 0 atom stereocenters. The zero-order valence-corrected chi connectivity index (χ0v) is 19.3. The van der Waals surface area contributed by atoms with Crippen LogP contribution in [0.15, 0.2) is 53.7 Å². The van der Waals surface area contributed by atoms with Gasteiger partial charge in [-0.25, -0.2) is 8.42 Å². The number of nitrogens with zero attached hydrogens (tertiary/aromatic N) is 2. The molecule has 1 aromatic carbocycles. The smallest absolute Gasteiger partial charge is 0.254 e. The van der Waals surface area contributed by atoms with Crippen LogP contribution in [0.3, 0.4) is 0 Å². The number of aromatic nitrogens is 1. The van der Waals surface area contributed by atoms with E-state index in [-0.39, 0.29) is 10.8 Å². The minimum absolute atomic E-state index is 0.139. The van der Waals surface area contributed by atoms with Crippen LogP contribution < -0.4 is 5.32 Å². The molecule has 0 aliphatic rings. The van der Waals surface area contributed by atoms with Crippen LogP contribution in [0.4, 0.5) is 0 Å². The second-order valence-electron chi connectivity index (χ2n) is 6.97. The lowest BCUT2D eigenvalue weighted by Crippen LogP contribution is -2.30. The van der Waals surface area contributed by atoms with Gasteiger partial charge in [0, 0.05) is 36.9 Å². The van der Waals surface area contributed by atoms with Crippen molar-refractivity contribution in [2.24, 2.45) is 0 Å². The van der Waals surface area contributed by atoms with Gasteiger partial charge in [-0.2, -0.15) is 4.31 Å². The van der Waals surface area contributed by atoms with Crippen LogP contribution in [0.25, 0.3) is 5.00 Å². The lowest BCUT2D eigenvalue weighted by molar-refractivity contribution is 0.0950. The summed E-state index contributed by atoms with van der Waals surface area (Å²) in [6.45, 7) is 8.80. The van der Waals surface area contributed by atoms with Gasteiger partial charge in [-0.05, 0) is 49.2 Å². The van der Waals surface area contributed by atoms with Crippen LogP contribution in [-0.2, 0) is 16.6 Å². The molecule has 3 aromatic rings. The van der Waals surface area contributed by atoms with Crippen molar-refractivity contribution >= 4 is 27.3 Å². The number of rotatable bonds is 8. The van der Waals surface area contributed by atoms with Crippen LogP contribution in [0.2, 0.25) is 0 Å². The van der Waals surface area contributed by atoms with Gasteiger partial charge in [0.2, 0.25) is 10.0 Å². The van der Waals surface area contributed by atoms with Crippen molar-refractivity contribution in [2.75, 3.05) is 13.1 Å². The Morgan fingerprint density at radius 3 is 2.23 bits per heavy atom. The van der Waals surface area contributed by atoms with Gasteiger partial charge in [-0.15, -0.1) is 11.3 Å². The normalized spacial score (nSPS) is 11.8. The Hall–Kier alpha value is -2.42. The molecule has 2 aromatic heterocycles. The van der Waals surface area contributed by atoms with Crippen molar-refractivity contribution in [1.82, 2.24) is 14.2 Å². The standard InChI is InChI=1S/C22H27N3O3S2/c1-5-25(6-2)30(27,28)19-11-9-18(10-12-19)15-23-21(26)20-16(3)17(4)29-22(20)24-13-7-8-14-24/h7-14H,5-6,15H2,1-4H3,(H,23,26). The molecule has 2 heterocycles. The Bertz CT molecular complexity index is 1110. The second kappa shape index (κ2) is 9.16. The molecule has 0 unspecified atom stereocenters. The summed E-state index contributed by atoms with van der Waals surface area (Å²) in [4.78, 5) is 14.3. The monoisotopic (exact) mass is 445 g/mol. The highest BCUT2D eigenvalue weighted by Gasteiger charge is 2.22. The molecule has 0 saturated heterocycles.